The van der Waals surface area contributed by atoms with Gasteiger partial charge in [0, 0.05) is 31.4 Å². The van der Waals surface area contributed by atoms with Gasteiger partial charge in [0.05, 0.1) is 13.1 Å². The van der Waals surface area contributed by atoms with Crippen LogP contribution < -0.4 is 10.6 Å². The highest BCUT2D eigenvalue weighted by molar-refractivity contribution is 14.0. The van der Waals surface area contributed by atoms with E-state index in [0.29, 0.717) is 17.5 Å². The van der Waals surface area contributed by atoms with Gasteiger partial charge in [-0.3, -0.25) is 4.79 Å². The lowest BCUT2D eigenvalue weighted by atomic mass is 10.2. The molecule has 0 fully saturated rings. The lowest BCUT2D eigenvalue weighted by Gasteiger charge is -2.14. The maximum absolute atomic E-state index is 11.7. The summed E-state index contributed by atoms with van der Waals surface area (Å²) in [4.78, 5) is 17.7. The van der Waals surface area contributed by atoms with Crippen molar-refractivity contribution < 1.29 is 4.79 Å². The number of halogens is 2. The lowest BCUT2D eigenvalue weighted by molar-refractivity contribution is -0.127. The van der Waals surface area contributed by atoms with Gasteiger partial charge in [0.15, 0.2) is 5.96 Å². The molecule has 0 spiro atoms. The number of nitrogens with one attached hydrogen (secondary N) is 2. The van der Waals surface area contributed by atoms with Crippen molar-refractivity contribution in [3.05, 3.63) is 34.9 Å². The zero-order chi connectivity index (χ0) is 16.4. The molecule has 0 bridgehead atoms. The predicted octanol–water partition coefficient (Wildman–Crippen LogP) is 2.44. The number of aliphatic imine (C=N–C) groups is 1. The van der Waals surface area contributed by atoms with Crippen LogP contribution in [0.4, 0.5) is 0 Å². The number of nitrogens with zero attached hydrogens (tertiary/aromatic N) is 2. The molecule has 0 saturated heterocycles. The Balaban J connectivity index is 0.00000484. The molecule has 0 saturated carbocycles. The molecular weight excluding hydrogens is 447 g/mol. The van der Waals surface area contributed by atoms with Crippen LogP contribution in [0.25, 0.3) is 0 Å². The number of guanidine groups is 1. The van der Waals surface area contributed by atoms with Crippen molar-refractivity contribution in [2.45, 2.75) is 6.54 Å². The summed E-state index contributed by atoms with van der Waals surface area (Å²) in [6, 6.07) is 7.57. The van der Waals surface area contributed by atoms with Crippen LogP contribution in [0, 0.1) is 0 Å². The van der Waals surface area contributed by atoms with Gasteiger partial charge in [0.1, 0.15) is 0 Å². The minimum absolute atomic E-state index is 0. The van der Waals surface area contributed by atoms with Gasteiger partial charge in [-0.25, -0.2) is 4.99 Å². The quantitative estimate of drug-likeness (QED) is 0.278. The van der Waals surface area contributed by atoms with Crippen LogP contribution in [-0.4, -0.2) is 56.0 Å². The number of likely N-dealkylation sites (N-methyl/N-ethyl adjacent to an activating group) is 1. The summed E-state index contributed by atoms with van der Waals surface area (Å²) >= 11 is 7.62. The van der Waals surface area contributed by atoms with E-state index < -0.39 is 0 Å². The topological polar surface area (TPSA) is 56.7 Å². The summed E-state index contributed by atoms with van der Waals surface area (Å²) in [7, 11) is 3.46. The number of carbonyl (C=O) groups is 1. The van der Waals surface area contributed by atoms with E-state index in [1.54, 1.807) is 30.8 Å². The van der Waals surface area contributed by atoms with Gasteiger partial charge in [-0.15, -0.1) is 24.0 Å². The van der Waals surface area contributed by atoms with Gasteiger partial charge >= 0.3 is 0 Å². The van der Waals surface area contributed by atoms with Crippen LogP contribution in [0.2, 0.25) is 5.02 Å². The van der Waals surface area contributed by atoms with Gasteiger partial charge in [-0.05, 0) is 24.0 Å². The Morgan fingerprint density at radius 3 is 2.48 bits per heavy atom. The second kappa shape index (κ2) is 12.7. The Kier molecular flexibility index (Phi) is 12.3. The fourth-order valence-electron chi connectivity index (χ4n) is 1.52. The molecule has 0 aliphatic carbocycles. The monoisotopic (exact) mass is 470 g/mol. The van der Waals surface area contributed by atoms with E-state index >= 15 is 0 Å². The number of rotatable bonds is 7. The molecule has 1 rings (SSSR count). The first-order valence-electron chi connectivity index (χ1n) is 6.98. The summed E-state index contributed by atoms with van der Waals surface area (Å²) in [6.07, 6.45) is 2.05. The molecule has 1 amide bonds. The highest BCUT2D eigenvalue weighted by Crippen LogP contribution is 2.10. The van der Waals surface area contributed by atoms with Crippen LogP contribution in [0.3, 0.4) is 0 Å². The molecule has 0 heterocycles. The second-order valence-corrected chi connectivity index (χ2v) is 6.27. The molecule has 5 nitrogen and oxygen atoms in total. The van der Waals surface area contributed by atoms with Gasteiger partial charge in [-0.2, -0.15) is 11.8 Å². The number of hydrogen-bond donors (Lipinski definition) is 2. The Bertz CT molecular complexity index is 497. The highest BCUT2D eigenvalue weighted by Gasteiger charge is 2.05. The zero-order valence-electron chi connectivity index (χ0n) is 13.6. The van der Waals surface area contributed by atoms with Gasteiger partial charge < -0.3 is 15.5 Å². The SMILES string of the molecule is CSCCNC(=NCc1ccc(Cl)cc1)NCC(=O)N(C)C.I. The third-order valence-corrected chi connectivity index (χ3v) is 3.70. The average Bonchev–Trinajstić information content (AvgIpc) is 2.50. The fourth-order valence-corrected chi connectivity index (χ4v) is 1.96. The Morgan fingerprint density at radius 2 is 1.91 bits per heavy atom. The van der Waals surface area contributed by atoms with Crippen molar-refractivity contribution in [3.63, 3.8) is 0 Å². The third kappa shape index (κ3) is 9.93. The van der Waals surface area contributed by atoms with Crippen molar-refractivity contribution >= 4 is 59.2 Å². The van der Waals surface area contributed by atoms with E-state index in [0.717, 1.165) is 17.9 Å². The average molecular weight is 471 g/mol. The van der Waals surface area contributed by atoms with Crippen LogP contribution in [0.15, 0.2) is 29.3 Å². The van der Waals surface area contributed by atoms with E-state index in [1.165, 1.54) is 0 Å². The summed E-state index contributed by atoms with van der Waals surface area (Å²) < 4.78 is 0. The number of hydrogen-bond acceptors (Lipinski definition) is 3. The summed E-state index contributed by atoms with van der Waals surface area (Å²) in [5.74, 6) is 1.62. The molecule has 23 heavy (non-hydrogen) atoms. The summed E-state index contributed by atoms with van der Waals surface area (Å²) in [6.45, 7) is 1.55. The van der Waals surface area contributed by atoms with Crippen LogP contribution in [0.5, 0.6) is 0 Å². The maximum atomic E-state index is 11.7. The van der Waals surface area contributed by atoms with E-state index in [4.69, 9.17) is 11.6 Å². The lowest BCUT2D eigenvalue weighted by Crippen LogP contribution is -2.43. The Hall–Kier alpha value is -0.670. The van der Waals surface area contributed by atoms with Crippen LogP contribution >= 0.6 is 47.3 Å². The molecule has 0 unspecified atom stereocenters. The first kappa shape index (κ1) is 22.3. The molecule has 1 aromatic rings. The molecule has 8 heteroatoms. The van der Waals surface area contributed by atoms with Crippen LogP contribution in [0.1, 0.15) is 5.56 Å². The largest absolute Gasteiger partial charge is 0.356 e. The normalized spacial score (nSPS) is 10.7. The molecule has 2 N–H and O–H groups in total. The van der Waals surface area contributed by atoms with Gasteiger partial charge in [0.25, 0.3) is 0 Å². The molecule has 0 aliphatic heterocycles. The number of benzene rings is 1. The molecule has 130 valence electrons. The second-order valence-electron chi connectivity index (χ2n) is 4.85. The smallest absolute Gasteiger partial charge is 0.241 e. The molecular formula is C15H24ClIN4OS. The number of carbonyl (C=O) groups excluding carboxylic acids is 1. The standard InChI is InChI=1S/C15H23ClN4OS.HI/c1-20(2)14(21)11-19-15(17-8-9-22-3)18-10-12-4-6-13(16)7-5-12;/h4-7H,8-11H2,1-3H3,(H2,17,18,19);1H. The van der Waals surface area contributed by atoms with Crippen molar-refractivity contribution in [2.24, 2.45) is 4.99 Å². The predicted molar refractivity (Wildman–Crippen MR) is 111 cm³/mol. The van der Waals surface area contributed by atoms with Crippen molar-refractivity contribution in [1.29, 1.82) is 0 Å². The molecule has 0 radical (unpaired) electrons. The highest BCUT2D eigenvalue weighted by atomic mass is 127. The maximum Gasteiger partial charge on any atom is 0.241 e. The van der Waals surface area contributed by atoms with Gasteiger partial charge in [-0.1, -0.05) is 23.7 Å². The zero-order valence-corrected chi connectivity index (χ0v) is 17.5. The van der Waals surface area contributed by atoms with Crippen molar-refractivity contribution in [1.82, 2.24) is 15.5 Å². The van der Waals surface area contributed by atoms with Crippen molar-refractivity contribution in [3.8, 4) is 0 Å². The molecule has 1 aromatic carbocycles. The van der Waals surface area contributed by atoms with E-state index in [1.807, 2.05) is 24.3 Å². The fraction of sp³-hybridized carbons (Fsp3) is 0.467. The minimum Gasteiger partial charge on any atom is -0.356 e. The number of amides is 1. The first-order valence-corrected chi connectivity index (χ1v) is 8.76. The number of thioether (sulfide) groups is 1. The van der Waals surface area contributed by atoms with Gasteiger partial charge in [0.2, 0.25) is 5.91 Å². The Morgan fingerprint density at radius 1 is 1.26 bits per heavy atom. The summed E-state index contributed by atoms with van der Waals surface area (Å²) in [5, 5.41) is 6.98. The van der Waals surface area contributed by atoms with E-state index in [2.05, 4.69) is 21.9 Å². The van der Waals surface area contributed by atoms with Crippen LogP contribution in [-0.2, 0) is 11.3 Å². The first-order chi connectivity index (χ1) is 10.5. The molecule has 0 aromatic heterocycles. The van der Waals surface area contributed by atoms with Crippen molar-refractivity contribution in [2.75, 3.05) is 39.2 Å². The summed E-state index contributed by atoms with van der Waals surface area (Å²) in [5.41, 5.74) is 1.06. The molecule has 0 atom stereocenters. The molecule has 0 aliphatic rings. The third-order valence-electron chi connectivity index (χ3n) is 2.84. The van der Waals surface area contributed by atoms with E-state index in [9.17, 15) is 4.79 Å². The minimum atomic E-state index is 0. The Labute approximate surface area is 164 Å². The van der Waals surface area contributed by atoms with E-state index in [-0.39, 0.29) is 36.4 Å².